The predicted octanol–water partition coefficient (Wildman–Crippen LogP) is 3.39. The molecule has 2 rings (SSSR count). The Bertz CT molecular complexity index is 420. The van der Waals surface area contributed by atoms with Crippen molar-refractivity contribution in [2.75, 3.05) is 30.8 Å². The molecule has 0 radical (unpaired) electrons. The number of rotatable bonds is 3. The minimum absolute atomic E-state index is 0.328. The average Bonchev–Trinajstić information content (AvgIpc) is 2.30. The van der Waals surface area contributed by atoms with Gasteiger partial charge in [0.05, 0.1) is 0 Å². The van der Waals surface area contributed by atoms with Crippen molar-refractivity contribution < 1.29 is 0 Å². The Kier molecular flexibility index (Phi) is 4.46. The molecule has 1 aliphatic heterocycles. The molecular weight excluding hydrogens is 264 g/mol. The van der Waals surface area contributed by atoms with E-state index >= 15 is 0 Å². The topological polar surface area (TPSA) is 15.3 Å². The van der Waals surface area contributed by atoms with Gasteiger partial charge in [0.1, 0.15) is 0 Å². The molecule has 0 atom stereocenters. The summed E-state index contributed by atoms with van der Waals surface area (Å²) in [6.45, 7) is 7.62. The Morgan fingerprint density at radius 3 is 2.83 bits per heavy atom. The van der Waals surface area contributed by atoms with Gasteiger partial charge in [-0.25, -0.2) is 0 Å². The molecule has 0 spiro atoms. The minimum Gasteiger partial charge on any atom is -0.369 e. The normalized spacial score (nSPS) is 19.0. The molecule has 0 aliphatic carbocycles. The summed E-state index contributed by atoms with van der Waals surface area (Å²) in [5.74, 6) is 1.18. The first-order valence-corrected chi connectivity index (χ1v) is 7.70. The minimum atomic E-state index is 0.328. The molecule has 0 saturated carbocycles. The van der Waals surface area contributed by atoms with Crippen molar-refractivity contribution in [2.24, 2.45) is 0 Å². The van der Waals surface area contributed by atoms with Crippen LogP contribution < -0.4 is 10.2 Å². The van der Waals surface area contributed by atoms with Crippen LogP contribution in [0.2, 0.25) is 5.02 Å². The quantitative estimate of drug-likeness (QED) is 0.916. The molecule has 2 nitrogen and oxygen atoms in total. The number of anilines is 1. The van der Waals surface area contributed by atoms with Gasteiger partial charge in [0.25, 0.3) is 0 Å². The highest BCUT2D eigenvalue weighted by atomic mass is 35.5. The summed E-state index contributed by atoms with van der Waals surface area (Å²) < 4.78 is 0.328. The molecule has 1 N–H and O–H groups in total. The smallest absolute Gasteiger partial charge is 0.0471 e. The summed E-state index contributed by atoms with van der Waals surface area (Å²) in [6.07, 6.45) is 0. The summed E-state index contributed by atoms with van der Waals surface area (Å²) in [7, 11) is 1.94. The SMILES string of the molecule is CNCc1ccc(N2CCSC(C)(C)C2)cc1Cl. The van der Waals surface area contributed by atoms with E-state index in [0.29, 0.717) is 4.75 Å². The lowest BCUT2D eigenvalue weighted by Gasteiger charge is -2.39. The molecule has 1 heterocycles. The van der Waals surface area contributed by atoms with Crippen molar-refractivity contribution in [3.8, 4) is 0 Å². The Labute approximate surface area is 119 Å². The fourth-order valence-electron chi connectivity index (χ4n) is 2.30. The Balaban J connectivity index is 2.16. The maximum atomic E-state index is 6.33. The maximum Gasteiger partial charge on any atom is 0.0471 e. The Morgan fingerprint density at radius 2 is 2.22 bits per heavy atom. The molecule has 0 unspecified atom stereocenters. The van der Waals surface area contributed by atoms with E-state index < -0.39 is 0 Å². The molecule has 18 heavy (non-hydrogen) atoms. The second kappa shape index (κ2) is 5.72. The summed E-state index contributed by atoms with van der Waals surface area (Å²) in [4.78, 5) is 2.44. The lowest BCUT2D eigenvalue weighted by Crippen LogP contribution is -2.43. The number of nitrogens with zero attached hydrogens (tertiary/aromatic N) is 1. The third-order valence-electron chi connectivity index (χ3n) is 3.19. The van der Waals surface area contributed by atoms with Gasteiger partial charge in [-0.1, -0.05) is 17.7 Å². The number of benzene rings is 1. The zero-order valence-electron chi connectivity index (χ0n) is 11.3. The van der Waals surface area contributed by atoms with Crippen LogP contribution in [0, 0.1) is 0 Å². The van der Waals surface area contributed by atoms with Crippen LogP contribution in [0.15, 0.2) is 18.2 Å². The maximum absolute atomic E-state index is 6.33. The van der Waals surface area contributed by atoms with E-state index in [2.05, 4.69) is 42.3 Å². The second-order valence-electron chi connectivity index (χ2n) is 5.34. The summed E-state index contributed by atoms with van der Waals surface area (Å²) in [6, 6.07) is 6.41. The van der Waals surface area contributed by atoms with Gasteiger partial charge < -0.3 is 10.2 Å². The largest absolute Gasteiger partial charge is 0.369 e. The highest BCUT2D eigenvalue weighted by Crippen LogP contribution is 2.33. The van der Waals surface area contributed by atoms with Crippen LogP contribution in [-0.4, -0.2) is 30.6 Å². The van der Waals surface area contributed by atoms with E-state index in [1.165, 1.54) is 11.4 Å². The van der Waals surface area contributed by atoms with Crippen molar-refractivity contribution in [2.45, 2.75) is 25.1 Å². The van der Waals surface area contributed by atoms with Gasteiger partial charge in [-0.3, -0.25) is 0 Å². The number of thioether (sulfide) groups is 1. The number of hydrogen-bond acceptors (Lipinski definition) is 3. The van der Waals surface area contributed by atoms with E-state index in [0.717, 1.165) is 30.2 Å². The Hall–Kier alpha value is -0.380. The molecule has 100 valence electrons. The molecule has 4 heteroatoms. The van der Waals surface area contributed by atoms with Crippen LogP contribution >= 0.6 is 23.4 Å². The van der Waals surface area contributed by atoms with Gasteiger partial charge in [-0.15, -0.1) is 0 Å². The van der Waals surface area contributed by atoms with E-state index in [9.17, 15) is 0 Å². The van der Waals surface area contributed by atoms with E-state index in [1.54, 1.807) is 0 Å². The van der Waals surface area contributed by atoms with Gasteiger partial charge in [0.15, 0.2) is 0 Å². The van der Waals surface area contributed by atoms with Gasteiger partial charge in [-0.05, 0) is 38.6 Å². The fraction of sp³-hybridized carbons (Fsp3) is 0.571. The van der Waals surface area contributed by atoms with Crippen molar-refractivity contribution in [3.05, 3.63) is 28.8 Å². The van der Waals surface area contributed by atoms with Crippen molar-refractivity contribution in [3.63, 3.8) is 0 Å². The summed E-state index contributed by atoms with van der Waals surface area (Å²) >= 11 is 8.38. The molecule has 1 fully saturated rings. The van der Waals surface area contributed by atoms with Crippen LogP contribution in [0.1, 0.15) is 19.4 Å². The predicted molar refractivity (Wildman–Crippen MR) is 83.0 cm³/mol. The highest BCUT2D eigenvalue weighted by molar-refractivity contribution is 8.00. The van der Waals surface area contributed by atoms with Crippen LogP contribution in [0.5, 0.6) is 0 Å². The lowest BCUT2D eigenvalue weighted by molar-refractivity contribution is 0.647. The molecule has 1 aromatic rings. The Morgan fingerprint density at radius 1 is 1.44 bits per heavy atom. The second-order valence-corrected chi connectivity index (χ2v) is 7.55. The van der Waals surface area contributed by atoms with Crippen molar-refractivity contribution in [1.29, 1.82) is 0 Å². The van der Waals surface area contributed by atoms with E-state index in [-0.39, 0.29) is 0 Å². The molecule has 0 amide bonds. The van der Waals surface area contributed by atoms with Crippen LogP contribution in [0.4, 0.5) is 5.69 Å². The first-order chi connectivity index (χ1) is 8.52. The molecule has 1 aromatic carbocycles. The third kappa shape index (κ3) is 3.34. The van der Waals surface area contributed by atoms with Gasteiger partial charge >= 0.3 is 0 Å². The number of nitrogens with one attached hydrogen (secondary N) is 1. The third-order valence-corrected chi connectivity index (χ3v) is 4.84. The molecule has 0 aromatic heterocycles. The van der Waals surface area contributed by atoms with Crippen molar-refractivity contribution in [1.82, 2.24) is 5.32 Å². The average molecular weight is 285 g/mol. The van der Waals surface area contributed by atoms with E-state index in [4.69, 9.17) is 11.6 Å². The molecule has 1 saturated heterocycles. The highest BCUT2D eigenvalue weighted by Gasteiger charge is 2.27. The van der Waals surface area contributed by atoms with Gasteiger partial charge in [0.2, 0.25) is 0 Å². The standard InChI is InChI=1S/C14H21ClN2S/c1-14(2)10-17(6-7-18-14)12-5-4-11(9-16-3)13(15)8-12/h4-5,8,16H,6-7,9-10H2,1-3H3. The summed E-state index contributed by atoms with van der Waals surface area (Å²) in [5.41, 5.74) is 2.40. The zero-order valence-corrected chi connectivity index (χ0v) is 12.9. The lowest BCUT2D eigenvalue weighted by atomic mass is 10.1. The van der Waals surface area contributed by atoms with Crippen LogP contribution in [0.25, 0.3) is 0 Å². The van der Waals surface area contributed by atoms with Gasteiger partial charge in [-0.2, -0.15) is 11.8 Å². The molecular formula is C14H21ClN2S. The molecule has 1 aliphatic rings. The van der Waals surface area contributed by atoms with Crippen LogP contribution in [0.3, 0.4) is 0 Å². The summed E-state index contributed by atoms with van der Waals surface area (Å²) in [5, 5.41) is 3.99. The van der Waals surface area contributed by atoms with Crippen LogP contribution in [-0.2, 0) is 6.54 Å². The number of hydrogen-bond donors (Lipinski definition) is 1. The van der Waals surface area contributed by atoms with E-state index in [1.807, 2.05) is 18.8 Å². The first kappa shape index (κ1) is 14.0. The fourth-order valence-corrected chi connectivity index (χ4v) is 3.66. The monoisotopic (exact) mass is 284 g/mol. The van der Waals surface area contributed by atoms with Crippen molar-refractivity contribution >= 4 is 29.1 Å². The zero-order chi connectivity index (χ0) is 13.2. The first-order valence-electron chi connectivity index (χ1n) is 6.34. The number of halogens is 1. The molecule has 0 bridgehead atoms. The van der Waals surface area contributed by atoms with Gasteiger partial charge in [0, 0.05) is 40.8 Å².